The second kappa shape index (κ2) is 11.0. The highest BCUT2D eigenvalue weighted by molar-refractivity contribution is 5.88. The Morgan fingerprint density at radius 3 is 2.59 bits per heavy atom. The van der Waals surface area contributed by atoms with Gasteiger partial charge in [0.2, 0.25) is 11.8 Å². The molecule has 2 amide bonds. The third-order valence-electron chi connectivity index (χ3n) is 5.62. The van der Waals surface area contributed by atoms with Gasteiger partial charge >= 0.3 is 0 Å². The zero-order chi connectivity index (χ0) is 23.9. The van der Waals surface area contributed by atoms with E-state index >= 15 is 0 Å². The maximum absolute atomic E-state index is 13.2. The molecule has 1 N–H and O–H groups in total. The molecule has 34 heavy (non-hydrogen) atoms. The van der Waals surface area contributed by atoms with Crippen LogP contribution in [0.4, 0.5) is 5.69 Å². The van der Waals surface area contributed by atoms with Crippen molar-refractivity contribution in [2.45, 2.75) is 32.7 Å². The molecule has 4 rings (SSSR count). The second-order valence-electron chi connectivity index (χ2n) is 8.64. The van der Waals surface area contributed by atoms with Crippen LogP contribution in [-0.4, -0.2) is 62.1 Å². The van der Waals surface area contributed by atoms with Gasteiger partial charge in [-0.25, -0.2) is 0 Å². The van der Waals surface area contributed by atoms with Crippen LogP contribution >= 0.6 is 0 Å². The van der Waals surface area contributed by atoms with Crippen molar-refractivity contribution in [1.82, 2.24) is 24.6 Å². The van der Waals surface area contributed by atoms with E-state index in [2.05, 4.69) is 20.3 Å². The van der Waals surface area contributed by atoms with E-state index in [1.807, 2.05) is 54.5 Å². The van der Waals surface area contributed by atoms with Gasteiger partial charge in [-0.15, -0.1) is 0 Å². The largest absolute Gasteiger partial charge is 0.370 e. The van der Waals surface area contributed by atoms with E-state index in [4.69, 9.17) is 4.74 Å². The van der Waals surface area contributed by atoms with Crippen LogP contribution in [0.15, 0.2) is 61.2 Å². The Morgan fingerprint density at radius 2 is 1.91 bits per heavy atom. The number of aromatic nitrogens is 3. The molecule has 1 fully saturated rings. The molecular formula is C25H30N6O3. The van der Waals surface area contributed by atoms with E-state index in [1.54, 1.807) is 23.3 Å². The molecule has 1 unspecified atom stereocenters. The number of aryl methyl sites for hydroxylation is 1. The number of hydrogen-bond donors (Lipinski definition) is 1. The first-order valence-electron chi connectivity index (χ1n) is 11.3. The second-order valence-corrected chi connectivity index (χ2v) is 8.64. The lowest BCUT2D eigenvalue weighted by atomic mass is 10.2. The van der Waals surface area contributed by atoms with Gasteiger partial charge in [0, 0.05) is 70.0 Å². The van der Waals surface area contributed by atoms with Gasteiger partial charge in [0.15, 0.2) is 0 Å². The Hall–Kier alpha value is -3.56. The topological polar surface area (TPSA) is 92.6 Å². The summed E-state index contributed by atoms with van der Waals surface area (Å²) in [5.74, 6) is -0.0422. The highest BCUT2D eigenvalue weighted by Crippen LogP contribution is 2.17. The zero-order valence-corrected chi connectivity index (χ0v) is 19.6. The van der Waals surface area contributed by atoms with Crippen molar-refractivity contribution in [3.05, 3.63) is 77.9 Å². The molecule has 3 aromatic rings. The van der Waals surface area contributed by atoms with Gasteiger partial charge in [-0.3, -0.25) is 24.2 Å². The smallest absolute Gasteiger partial charge is 0.237 e. The molecule has 0 aliphatic carbocycles. The number of anilines is 1. The predicted octanol–water partition coefficient (Wildman–Crippen LogP) is 2.20. The van der Waals surface area contributed by atoms with Gasteiger partial charge in [-0.05, 0) is 29.3 Å². The van der Waals surface area contributed by atoms with Gasteiger partial charge in [0.05, 0.1) is 25.5 Å². The monoisotopic (exact) mass is 462 g/mol. The van der Waals surface area contributed by atoms with E-state index in [1.165, 1.54) is 6.92 Å². The lowest BCUT2D eigenvalue weighted by molar-refractivity contribution is -0.132. The van der Waals surface area contributed by atoms with Crippen LogP contribution in [0.2, 0.25) is 0 Å². The quantitative estimate of drug-likeness (QED) is 0.552. The maximum Gasteiger partial charge on any atom is 0.237 e. The van der Waals surface area contributed by atoms with Crippen molar-refractivity contribution in [3.8, 4) is 0 Å². The van der Waals surface area contributed by atoms with Crippen LogP contribution in [0.3, 0.4) is 0 Å². The number of hydrogen-bond acceptors (Lipinski definition) is 6. The fraction of sp³-hybridized carbons (Fsp3) is 0.360. The molecular weight excluding hydrogens is 432 g/mol. The summed E-state index contributed by atoms with van der Waals surface area (Å²) in [4.78, 5) is 32.6. The van der Waals surface area contributed by atoms with E-state index in [-0.39, 0.29) is 17.9 Å². The molecule has 9 nitrogen and oxygen atoms in total. The Morgan fingerprint density at radius 1 is 1.09 bits per heavy atom. The fourth-order valence-corrected chi connectivity index (χ4v) is 4.05. The minimum Gasteiger partial charge on any atom is -0.370 e. The predicted molar refractivity (Wildman–Crippen MR) is 127 cm³/mol. The number of benzene rings is 1. The van der Waals surface area contributed by atoms with Crippen molar-refractivity contribution in [2.75, 3.05) is 25.0 Å². The third kappa shape index (κ3) is 6.72. The summed E-state index contributed by atoms with van der Waals surface area (Å²) < 4.78 is 8.00. The molecule has 0 radical (unpaired) electrons. The van der Waals surface area contributed by atoms with Crippen molar-refractivity contribution >= 4 is 17.5 Å². The minimum atomic E-state index is -0.151. The standard InChI is InChI=1S/C25H30N6O3/c1-19(32)28-23-7-5-20(6-8-23)13-30-15-24(34-18-21-4-3-9-26-10-21)16-31(25(33)17-30)14-22-11-27-29(2)12-22/h3-12,24H,13-18H2,1-2H3,(H,28,32). The van der Waals surface area contributed by atoms with E-state index in [9.17, 15) is 9.59 Å². The van der Waals surface area contributed by atoms with Crippen LogP contribution in [0.5, 0.6) is 0 Å². The van der Waals surface area contributed by atoms with Crippen molar-refractivity contribution in [2.24, 2.45) is 7.05 Å². The SMILES string of the molecule is CC(=O)Nc1ccc(CN2CC(=O)N(Cc3cnn(C)c3)CC(OCc3cccnc3)C2)cc1. The molecule has 0 spiro atoms. The number of nitrogens with zero attached hydrogens (tertiary/aromatic N) is 5. The van der Waals surface area contributed by atoms with Gasteiger partial charge in [-0.1, -0.05) is 18.2 Å². The molecule has 0 bridgehead atoms. The third-order valence-corrected chi connectivity index (χ3v) is 5.62. The molecule has 1 atom stereocenters. The van der Waals surface area contributed by atoms with Gasteiger partial charge in [0.1, 0.15) is 0 Å². The average molecular weight is 463 g/mol. The normalized spacial score (nSPS) is 16.9. The number of nitrogens with one attached hydrogen (secondary N) is 1. The number of rotatable bonds is 8. The first kappa shape index (κ1) is 23.6. The molecule has 178 valence electrons. The molecule has 9 heteroatoms. The molecule has 0 saturated carbocycles. The summed E-state index contributed by atoms with van der Waals surface area (Å²) in [5, 5.41) is 7.00. The summed E-state index contributed by atoms with van der Waals surface area (Å²) in [5.41, 5.74) is 3.80. The summed E-state index contributed by atoms with van der Waals surface area (Å²) in [6.07, 6.45) is 7.10. The molecule has 1 aliphatic rings. The number of carbonyl (C=O) groups excluding carboxylic acids is 2. The van der Waals surface area contributed by atoms with Crippen molar-refractivity contribution in [3.63, 3.8) is 0 Å². The van der Waals surface area contributed by atoms with Gasteiger partial charge in [0.25, 0.3) is 0 Å². The maximum atomic E-state index is 13.2. The van der Waals surface area contributed by atoms with Crippen LogP contribution < -0.4 is 5.32 Å². The first-order chi connectivity index (χ1) is 16.4. The van der Waals surface area contributed by atoms with Crippen molar-refractivity contribution < 1.29 is 14.3 Å². The average Bonchev–Trinajstić information content (AvgIpc) is 3.16. The minimum absolute atomic E-state index is 0.0613. The summed E-state index contributed by atoms with van der Waals surface area (Å²) in [6.45, 7) is 4.47. The van der Waals surface area contributed by atoms with E-state index < -0.39 is 0 Å². The van der Waals surface area contributed by atoms with Crippen LogP contribution in [0.25, 0.3) is 0 Å². The van der Waals surface area contributed by atoms with E-state index in [0.29, 0.717) is 39.3 Å². The Kier molecular flexibility index (Phi) is 7.66. The number of pyridine rings is 1. The molecule has 1 aliphatic heterocycles. The molecule has 1 saturated heterocycles. The van der Waals surface area contributed by atoms with Crippen LogP contribution in [0.1, 0.15) is 23.6 Å². The fourth-order valence-electron chi connectivity index (χ4n) is 4.05. The highest BCUT2D eigenvalue weighted by Gasteiger charge is 2.29. The lowest BCUT2D eigenvalue weighted by Gasteiger charge is -2.24. The molecule has 2 aromatic heterocycles. The Labute approximate surface area is 199 Å². The number of amides is 2. The Balaban J connectivity index is 1.46. The van der Waals surface area contributed by atoms with Crippen LogP contribution in [-0.2, 0) is 41.1 Å². The van der Waals surface area contributed by atoms with Gasteiger partial charge < -0.3 is 15.0 Å². The number of carbonyl (C=O) groups is 2. The Bertz CT molecular complexity index is 1100. The summed E-state index contributed by atoms with van der Waals surface area (Å²) in [6, 6.07) is 11.6. The molecule has 1 aromatic carbocycles. The summed E-state index contributed by atoms with van der Waals surface area (Å²) in [7, 11) is 1.87. The zero-order valence-electron chi connectivity index (χ0n) is 19.6. The van der Waals surface area contributed by atoms with E-state index in [0.717, 1.165) is 22.4 Å². The summed E-state index contributed by atoms with van der Waals surface area (Å²) >= 11 is 0. The highest BCUT2D eigenvalue weighted by atomic mass is 16.5. The van der Waals surface area contributed by atoms with Crippen LogP contribution in [0, 0.1) is 0 Å². The molecule has 3 heterocycles. The van der Waals surface area contributed by atoms with Gasteiger partial charge in [-0.2, -0.15) is 5.10 Å². The number of ether oxygens (including phenoxy) is 1. The van der Waals surface area contributed by atoms with Crippen molar-refractivity contribution in [1.29, 1.82) is 0 Å². The lowest BCUT2D eigenvalue weighted by Crippen LogP contribution is -2.37. The first-order valence-corrected chi connectivity index (χ1v) is 11.3.